The summed E-state index contributed by atoms with van der Waals surface area (Å²) in [5, 5.41) is 16.7. The van der Waals surface area contributed by atoms with Crippen molar-refractivity contribution in [3.63, 3.8) is 0 Å². The molecule has 0 aliphatic rings. The van der Waals surface area contributed by atoms with E-state index in [-0.39, 0.29) is 0 Å². The Balaban J connectivity index is 2.74. The molecule has 0 saturated heterocycles. The summed E-state index contributed by atoms with van der Waals surface area (Å²) in [4.78, 5) is 0. The molecule has 0 aliphatic carbocycles. The van der Waals surface area contributed by atoms with Crippen molar-refractivity contribution < 1.29 is 0 Å². The minimum atomic E-state index is -1.84. The second kappa shape index (κ2) is 9.86. The number of nitrogens with zero attached hydrogens (tertiary/aromatic N) is 2. The second-order valence-electron chi connectivity index (χ2n) is 5.40. The van der Waals surface area contributed by atoms with E-state index >= 15 is 0 Å². The molecule has 1 N–H and O–H groups in total. The summed E-state index contributed by atoms with van der Waals surface area (Å²) in [5.41, 5.74) is 0. The molecular weight excluding hydrogens is 315 g/mol. The fourth-order valence-corrected chi connectivity index (χ4v) is 18.9. The fraction of sp³-hybridized carbons (Fsp3) is 0.857. The SMILES string of the molecule is CCC[CH2][Ge]([CH2]CCC)([CH2]CCC)[S]c1cn[nH]n1. The molecule has 1 aromatic rings. The Morgan fingerprint density at radius 1 is 1.00 bits per heavy atom. The van der Waals surface area contributed by atoms with Gasteiger partial charge >= 0.3 is 124 Å². The van der Waals surface area contributed by atoms with Gasteiger partial charge in [-0.2, -0.15) is 0 Å². The average Bonchev–Trinajstić information content (AvgIpc) is 2.93. The molecule has 1 aromatic heterocycles. The summed E-state index contributed by atoms with van der Waals surface area (Å²) in [6.45, 7) is 6.94. The number of unbranched alkanes of at least 4 members (excludes halogenated alkanes) is 3. The zero-order valence-corrected chi connectivity index (χ0v) is 15.7. The molecule has 110 valence electrons. The fourth-order valence-electron chi connectivity index (χ4n) is 2.49. The Kier molecular flexibility index (Phi) is 8.87. The molecule has 0 spiro atoms. The first kappa shape index (κ1) is 17.1. The second-order valence-corrected chi connectivity index (χ2v) is 19.9. The van der Waals surface area contributed by atoms with E-state index in [2.05, 4.69) is 46.3 Å². The Labute approximate surface area is 124 Å². The Morgan fingerprint density at radius 2 is 1.53 bits per heavy atom. The number of hydrogen-bond donors (Lipinski definition) is 1. The molecule has 1 rings (SSSR count). The normalized spacial score (nSPS) is 11.9. The Morgan fingerprint density at radius 3 is 1.89 bits per heavy atom. The van der Waals surface area contributed by atoms with Gasteiger partial charge < -0.3 is 0 Å². The van der Waals surface area contributed by atoms with Crippen LogP contribution in [0.2, 0.25) is 15.8 Å². The molecule has 0 aromatic carbocycles. The van der Waals surface area contributed by atoms with Gasteiger partial charge in [0.1, 0.15) is 0 Å². The first-order valence-electron chi connectivity index (χ1n) is 7.81. The van der Waals surface area contributed by atoms with Crippen molar-refractivity contribution in [1.29, 1.82) is 0 Å². The number of hydrogen-bond acceptors (Lipinski definition) is 3. The van der Waals surface area contributed by atoms with Crippen LogP contribution in [0.1, 0.15) is 59.3 Å². The summed E-state index contributed by atoms with van der Waals surface area (Å²) >= 11 is -1.84. The van der Waals surface area contributed by atoms with E-state index in [1.807, 2.05) is 6.20 Å². The van der Waals surface area contributed by atoms with Crippen LogP contribution in [0.4, 0.5) is 0 Å². The topological polar surface area (TPSA) is 41.6 Å². The van der Waals surface area contributed by atoms with Crippen LogP contribution in [0.15, 0.2) is 11.2 Å². The van der Waals surface area contributed by atoms with Gasteiger partial charge in [-0.25, -0.2) is 0 Å². The Hall–Kier alpha value is 0.0329. The minimum absolute atomic E-state index is 1.14. The first-order chi connectivity index (χ1) is 9.26. The van der Waals surface area contributed by atoms with E-state index in [0.717, 1.165) is 5.03 Å². The molecule has 19 heavy (non-hydrogen) atoms. The van der Waals surface area contributed by atoms with Gasteiger partial charge in [0.15, 0.2) is 0 Å². The van der Waals surface area contributed by atoms with Crippen LogP contribution in [0, 0.1) is 0 Å². The third-order valence-electron chi connectivity index (χ3n) is 3.67. The van der Waals surface area contributed by atoms with Crippen LogP contribution in [0.3, 0.4) is 0 Å². The van der Waals surface area contributed by atoms with Crippen LogP contribution in [-0.2, 0) is 0 Å². The van der Waals surface area contributed by atoms with Crippen LogP contribution in [0.5, 0.6) is 0 Å². The molecule has 3 nitrogen and oxygen atoms in total. The van der Waals surface area contributed by atoms with Gasteiger partial charge in [-0.15, -0.1) is 0 Å². The van der Waals surface area contributed by atoms with Crippen molar-refractivity contribution in [2.45, 2.75) is 80.1 Å². The number of aromatic amines is 1. The molecule has 0 atom stereocenters. The third-order valence-corrected chi connectivity index (χ3v) is 19.7. The Bertz CT molecular complexity index is 295. The van der Waals surface area contributed by atoms with E-state index in [9.17, 15) is 0 Å². The number of aromatic nitrogens is 3. The van der Waals surface area contributed by atoms with Crippen molar-refractivity contribution in [2.24, 2.45) is 0 Å². The first-order valence-corrected chi connectivity index (χ1v) is 15.6. The summed E-state index contributed by atoms with van der Waals surface area (Å²) in [6, 6.07) is 0. The summed E-state index contributed by atoms with van der Waals surface area (Å²) in [5.74, 6) is 0. The molecule has 5 heteroatoms. The quantitative estimate of drug-likeness (QED) is 0.558. The molecule has 0 unspecified atom stereocenters. The van der Waals surface area contributed by atoms with Crippen molar-refractivity contribution in [2.75, 3.05) is 0 Å². The van der Waals surface area contributed by atoms with Crippen molar-refractivity contribution in [1.82, 2.24) is 15.4 Å². The molecule has 0 fully saturated rings. The van der Waals surface area contributed by atoms with Crippen LogP contribution in [0.25, 0.3) is 0 Å². The van der Waals surface area contributed by atoms with Crippen LogP contribution < -0.4 is 0 Å². The zero-order chi connectivity index (χ0) is 14.0. The van der Waals surface area contributed by atoms with Crippen LogP contribution in [-0.4, -0.2) is 27.5 Å². The van der Waals surface area contributed by atoms with Gasteiger partial charge in [0.2, 0.25) is 0 Å². The number of nitrogens with one attached hydrogen (secondary N) is 1. The van der Waals surface area contributed by atoms with Gasteiger partial charge in [-0.1, -0.05) is 0 Å². The maximum absolute atomic E-state index is 4.30. The van der Waals surface area contributed by atoms with Crippen LogP contribution >= 0.6 is 10.1 Å². The monoisotopic (exact) mass is 345 g/mol. The average molecular weight is 344 g/mol. The summed E-state index contributed by atoms with van der Waals surface area (Å²) in [6.07, 6.45) is 10.1. The number of rotatable bonds is 11. The number of H-pyrrole nitrogens is 1. The molecule has 0 aliphatic heterocycles. The summed E-state index contributed by atoms with van der Waals surface area (Å²) < 4.78 is 0. The van der Waals surface area contributed by atoms with Crippen molar-refractivity contribution in [3.05, 3.63) is 6.20 Å². The predicted octanol–water partition coefficient (Wildman–Crippen LogP) is 5.24. The molecule has 1 heterocycles. The molecule has 0 radical (unpaired) electrons. The van der Waals surface area contributed by atoms with Crippen molar-refractivity contribution in [3.8, 4) is 0 Å². The van der Waals surface area contributed by atoms with Crippen molar-refractivity contribution >= 4 is 22.2 Å². The van der Waals surface area contributed by atoms with Gasteiger partial charge in [0.05, 0.1) is 0 Å². The molecule has 0 bridgehead atoms. The van der Waals surface area contributed by atoms with Gasteiger partial charge in [-0.05, 0) is 0 Å². The predicted molar refractivity (Wildman–Crippen MR) is 87.1 cm³/mol. The summed E-state index contributed by atoms with van der Waals surface area (Å²) in [7, 11) is 2.15. The molecule has 0 amide bonds. The van der Waals surface area contributed by atoms with E-state index in [4.69, 9.17) is 0 Å². The van der Waals surface area contributed by atoms with Gasteiger partial charge in [0, 0.05) is 0 Å². The maximum atomic E-state index is 4.30. The van der Waals surface area contributed by atoms with E-state index in [1.165, 1.54) is 54.3 Å². The van der Waals surface area contributed by atoms with Gasteiger partial charge in [0.25, 0.3) is 0 Å². The van der Waals surface area contributed by atoms with Gasteiger partial charge in [-0.3, -0.25) is 0 Å². The van der Waals surface area contributed by atoms with E-state index < -0.39 is 12.1 Å². The zero-order valence-electron chi connectivity index (χ0n) is 12.7. The van der Waals surface area contributed by atoms with E-state index in [0.29, 0.717) is 0 Å². The van der Waals surface area contributed by atoms with E-state index in [1.54, 1.807) is 0 Å². The molecule has 0 saturated carbocycles. The third kappa shape index (κ3) is 6.34. The standard InChI is InChI=1S/C14H29GeN3S/c1-4-7-10-15(11-8-5-2,12-9-6-3)19-14-13-16-18-17-14/h13H,4-12H2,1-3H3,(H,16,17,18). The molecular formula is C14H29GeN3S.